The third-order valence-corrected chi connectivity index (χ3v) is 4.35. The molecule has 3 rings (SSSR count). The molecular formula is C18H21BrO. The van der Waals surface area contributed by atoms with E-state index in [1.54, 1.807) is 0 Å². The molecule has 2 heteroatoms. The van der Waals surface area contributed by atoms with E-state index in [9.17, 15) is 0 Å². The zero-order chi connectivity index (χ0) is 14.3. The Morgan fingerprint density at radius 3 is 2.85 bits per heavy atom. The average molecular weight is 333 g/mol. The first-order valence-corrected chi connectivity index (χ1v) is 8.04. The Bertz CT molecular complexity index is 578. The maximum absolute atomic E-state index is 6.12. The summed E-state index contributed by atoms with van der Waals surface area (Å²) in [5, 5.41) is 0. The van der Waals surface area contributed by atoms with Gasteiger partial charge in [-0.3, -0.25) is 0 Å². The van der Waals surface area contributed by atoms with E-state index in [4.69, 9.17) is 4.74 Å². The monoisotopic (exact) mass is 332 g/mol. The fraction of sp³-hybridized carbons (Fsp3) is 0.444. The third kappa shape index (κ3) is 3.01. The van der Waals surface area contributed by atoms with Crippen molar-refractivity contribution in [2.45, 2.75) is 39.7 Å². The summed E-state index contributed by atoms with van der Waals surface area (Å²) in [7, 11) is 0. The largest absolute Gasteiger partial charge is 0.485 e. The van der Waals surface area contributed by atoms with Gasteiger partial charge in [-0.15, -0.1) is 0 Å². The van der Waals surface area contributed by atoms with Crippen LogP contribution in [0.5, 0.6) is 5.75 Å². The Morgan fingerprint density at radius 1 is 1.30 bits per heavy atom. The highest BCUT2D eigenvalue weighted by Crippen LogP contribution is 2.36. The molecule has 0 saturated carbocycles. The van der Waals surface area contributed by atoms with Crippen LogP contribution in [0, 0.1) is 11.3 Å². The standard InChI is InChI=1S/C18H21BrO/c1-18(2,3)11-12-4-6-16-13(8-12)9-14-10-15(19)5-7-17(14)20-16/h4-8,10,14,17H,9,11H2,1-3H3. The highest BCUT2D eigenvalue weighted by molar-refractivity contribution is 9.11. The summed E-state index contributed by atoms with van der Waals surface area (Å²) in [6.07, 6.45) is 8.87. The van der Waals surface area contributed by atoms with Crippen molar-refractivity contribution in [1.29, 1.82) is 0 Å². The van der Waals surface area contributed by atoms with Gasteiger partial charge in [-0.05, 0) is 47.6 Å². The lowest BCUT2D eigenvalue weighted by atomic mass is 9.84. The van der Waals surface area contributed by atoms with Crippen LogP contribution in [-0.4, -0.2) is 6.10 Å². The van der Waals surface area contributed by atoms with E-state index >= 15 is 0 Å². The maximum Gasteiger partial charge on any atom is 0.124 e. The van der Waals surface area contributed by atoms with E-state index in [2.05, 4.69) is 73.1 Å². The molecule has 0 amide bonds. The number of benzene rings is 1. The molecule has 0 radical (unpaired) electrons. The lowest BCUT2D eigenvalue weighted by molar-refractivity contribution is 0.178. The van der Waals surface area contributed by atoms with E-state index in [1.807, 2.05) is 0 Å². The summed E-state index contributed by atoms with van der Waals surface area (Å²) >= 11 is 3.56. The Morgan fingerprint density at radius 2 is 2.10 bits per heavy atom. The van der Waals surface area contributed by atoms with Gasteiger partial charge in [0.1, 0.15) is 11.9 Å². The fourth-order valence-corrected chi connectivity index (χ4v) is 3.51. The molecule has 0 aromatic heterocycles. The molecule has 1 aromatic rings. The SMILES string of the molecule is CC(C)(C)Cc1ccc2c(c1)CC1C=C(Br)C=CC1O2. The van der Waals surface area contributed by atoms with Crippen LogP contribution >= 0.6 is 15.9 Å². The van der Waals surface area contributed by atoms with Crippen molar-refractivity contribution in [3.05, 3.63) is 52.0 Å². The number of hydrogen-bond acceptors (Lipinski definition) is 1. The van der Waals surface area contributed by atoms with E-state index in [0.29, 0.717) is 11.3 Å². The summed E-state index contributed by atoms with van der Waals surface area (Å²) in [5.74, 6) is 1.51. The zero-order valence-electron chi connectivity index (χ0n) is 12.3. The van der Waals surface area contributed by atoms with Gasteiger partial charge >= 0.3 is 0 Å². The van der Waals surface area contributed by atoms with Gasteiger partial charge in [0, 0.05) is 10.4 Å². The molecule has 0 N–H and O–H groups in total. The van der Waals surface area contributed by atoms with Crippen molar-refractivity contribution in [2.75, 3.05) is 0 Å². The van der Waals surface area contributed by atoms with Gasteiger partial charge in [-0.1, -0.05) is 54.9 Å². The summed E-state index contributed by atoms with van der Waals surface area (Å²) in [6.45, 7) is 6.85. The van der Waals surface area contributed by atoms with Crippen LogP contribution in [0.4, 0.5) is 0 Å². The molecule has 1 aliphatic carbocycles. The van der Waals surface area contributed by atoms with Crippen molar-refractivity contribution in [1.82, 2.24) is 0 Å². The second-order valence-electron chi connectivity index (χ2n) is 7.04. The van der Waals surface area contributed by atoms with Crippen molar-refractivity contribution >= 4 is 15.9 Å². The number of ether oxygens (including phenoxy) is 1. The first kappa shape index (κ1) is 13.9. The van der Waals surface area contributed by atoms with Crippen molar-refractivity contribution in [2.24, 2.45) is 11.3 Å². The molecule has 2 aliphatic rings. The molecular weight excluding hydrogens is 312 g/mol. The molecule has 106 valence electrons. The van der Waals surface area contributed by atoms with E-state index in [1.165, 1.54) is 11.1 Å². The number of halogens is 1. The molecule has 20 heavy (non-hydrogen) atoms. The van der Waals surface area contributed by atoms with Crippen LogP contribution < -0.4 is 4.74 Å². The second kappa shape index (κ2) is 5.07. The molecule has 0 fully saturated rings. The minimum Gasteiger partial charge on any atom is -0.485 e. The fourth-order valence-electron chi connectivity index (χ4n) is 3.02. The van der Waals surface area contributed by atoms with Gasteiger partial charge in [0.25, 0.3) is 0 Å². The lowest BCUT2D eigenvalue weighted by Gasteiger charge is -2.32. The van der Waals surface area contributed by atoms with Crippen LogP contribution in [-0.2, 0) is 12.8 Å². The quantitative estimate of drug-likeness (QED) is 0.699. The minimum atomic E-state index is 0.192. The summed E-state index contributed by atoms with van der Waals surface area (Å²) < 4.78 is 7.28. The van der Waals surface area contributed by atoms with Crippen LogP contribution in [0.1, 0.15) is 31.9 Å². The minimum absolute atomic E-state index is 0.192. The molecule has 1 heterocycles. The lowest BCUT2D eigenvalue weighted by Crippen LogP contribution is -2.31. The molecule has 0 bridgehead atoms. The first-order valence-electron chi connectivity index (χ1n) is 7.25. The van der Waals surface area contributed by atoms with E-state index < -0.39 is 0 Å². The van der Waals surface area contributed by atoms with Gasteiger partial charge in [0.2, 0.25) is 0 Å². The average Bonchev–Trinajstić information content (AvgIpc) is 2.34. The molecule has 2 atom stereocenters. The number of fused-ring (bicyclic) bond motifs is 2. The first-order chi connectivity index (χ1) is 9.40. The Hall–Kier alpha value is -1.02. The molecule has 1 nitrogen and oxygen atoms in total. The normalized spacial score (nSPS) is 24.5. The van der Waals surface area contributed by atoms with Crippen LogP contribution in [0.3, 0.4) is 0 Å². The summed E-state index contributed by atoms with van der Waals surface area (Å²) in [4.78, 5) is 0. The topological polar surface area (TPSA) is 9.23 Å². The van der Waals surface area contributed by atoms with Crippen LogP contribution in [0.25, 0.3) is 0 Å². The van der Waals surface area contributed by atoms with Gasteiger partial charge in [0.15, 0.2) is 0 Å². The summed E-state index contributed by atoms with van der Waals surface area (Å²) in [5.41, 5.74) is 3.08. The number of rotatable bonds is 1. The highest BCUT2D eigenvalue weighted by Gasteiger charge is 2.29. The van der Waals surface area contributed by atoms with Gasteiger partial charge < -0.3 is 4.74 Å². The van der Waals surface area contributed by atoms with E-state index in [-0.39, 0.29) is 6.10 Å². The molecule has 0 saturated heterocycles. The molecule has 0 spiro atoms. The Kier molecular flexibility index (Phi) is 3.53. The van der Waals surface area contributed by atoms with Gasteiger partial charge in [-0.25, -0.2) is 0 Å². The Balaban J connectivity index is 1.86. The number of allylic oxidation sites excluding steroid dienone is 2. The zero-order valence-corrected chi connectivity index (χ0v) is 13.9. The maximum atomic E-state index is 6.12. The molecule has 1 aliphatic heterocycles. The number of hydrogen-bond donors (Lipinski definition) is 0. The van der Waals surface area contributed by atoms with Crippen molar-refractivity contribution in [3.63, 3.8) is 0 Å². The van der Waals surface area contributed by atoms with Crippen molar-refractivity contribution in [3.8, 4) is 5.75 Å². The third-order valence-electron chi connectivity index (χ3n) is 3.82. The molecule has 1 aromatic carbocycles. The van der Waals surface area contributed by atoms with Crippen LogP contribution in [0.15, 0.2) is 40.9 Å². The predicted molar refractivity (Wildman–Crippen MR) is 87.4 cm³/mol. The molecule has 2 unspecified atom stereocenters. The van der Waals surface area contributed by atoms with Gasteiger partial charge in [0.05, 0.1) is 0 Å². The summed E-state index contributed by atoms with van der Waals surface area (Å²) in [6, 6.07) is 6.69. The predicted octanol–water partition coefficient (Wildman–Crippen LogP) is 5.04. The smallest absolute Gasteiger partial charge is 0.124 e. The van der Waals surface area contributed by atoms with Crippen molar-refractivity contribution < 1.29 is 4.74 Å². The van der Waals surface area contributed by atoms with E-state index in [0.717, 1.165) is 23.1 Å². The van der Waals surface area contributed by atoms with Crippen LogP contribution in [0.2, 0.25) is 0 Å². The van der Waals surface area contributed by atoms with Gasteiger partial charge in [-0.2, -0.15) is 0 Å². The highest BCUT2D eigenvalue weighted by atomic mass is 79.9. The Labute approximate surface area is 129 Å². The second-order valence-corrected chi connectivity index (χ2v) is 7.96.